The number of aryl methyl sites for hydroxylation is 2. The predicted molar refractivity (Wildman–Crippen MR) is 136 cm³/mol. The van der Waals surface area contributed by atoms with Gasteiger partial charge in [0.15, 0.2) is 0 Å². The summed E-state index contributed by atoms with van der Waals surface area (Å²) in [6.45, 7) is 8.51. The molecule has 4 rings (SSSR count). The number of phenols is 1. The molecule has 1 fully saturated rings. The molecule has 0 aromatic heterocycles. The van der Waals surface area contributed by atoms with Crippen LogP contribution in [-0.4, -0.2) is 28.5 Å². The van der Waals surface area contributed by atoms with Gasteiger partial charge in [-0.3, -0.25) is 14.5 Å². The number of aromatic hydroxyl groups is 1. The van der Waals surface area contributed by atoms with Gasteiger partial charge in [0, 0.05) is 11.3 Å². The van der Waals surface area contributed by atoms with E-state index in [1.54, 1.807) is 36.4 Å². The van der Waals surface area contributed by atoms with Gasteiger partial charge >= 0.3 is 0 Å². The molecule has 2 N–H and O–H groups in total. The van der Waals surface area contributed by atoms with Crippen LogP contribution in [-0.2, 0) is 9.59 Å². The number of anilines is 1. The second-order valence-corrected chi connectivity index (χ2v) is 9.34. The van der Waals surface area contributed by atoms with E-state index in [4.69, 9.17) is 4.74 Å². The topological polar surface area (TPSA) is 87.1 Å². The molecule has 1 aliphatic heterocycles. The summed E-state index contributed by atoms with van der Waals surface area (Å²) in [4.78, 5) is 28.0. The van der Waals surface area contributed by atoms with Crippen LogP contribution >= 0.6 is 0 Å². The fraction of sp³-hybridized carbons (Fsp3) is 0.241. The summed E-state index contributed by atoms with van der Waals surface area (Å²) in [5.74, 6) is -0.653. The van der Waals surface area contributed by atoms with E-state index >= 15 is 0 Å². The summed E-state index contributed by atoms with van der Waals surface area (Å²) >= 11 is 0. The van der Waals surface area contributed by atoms with Gasteiger partial charge in [0.25, 0.3) is 11.7 Å². The van der Waals surface area contributed by atoms with Gasteiger partial charge in [-0.1, -0.05) is 32.0 Å². The van der Waals surface area contributed by atoms with Gasteiger partial charge in [-0.05, 0) is 85.0 Å². The van der Waals surface area contributed by atoms with Gasteiger partial charge in [-0.25, -0.2) is 0 Å². The maximum atomic E-state index is 13.3. The smallest absolute Gasteiger partial charge is 0.300 e. The van der Waals surface area contributed by atoms with E-state index in [0.29, 0.717) is 35.1 Å². The van der Waals surface area contributed by atoms with Crippen molar-refractivity contribution < 1.29 is 24.5 Å². The molecule has 3 aromatic carbocycles. The maximum absolute atomic E-state index is 13.3. The van der Waals surface area contributed by atoms with Crippen LogP contribution in [0.2, 0.25) is 0 Å². The molecule has 1 saturated heterocycles. The summed E-state index contributed by atoms with van der Waals surface area (Å²) in [6.07, 6.45) is 0. The second-order valence-electron chi connectivity index (χ2n) is 9.34. The van der Waals surface area contributed by atoms with Gasteiger partial charge in [0.2, 0.25) is 0 Å². The van der Waals surface area contributed by atoms with E-state index in [2.05, 4.69) is 13.8 Å². The van der Waals surface area contributed by atoms with E-state index in [0.717, 1.165) is 11.1 Å². The van der Waals surface area contributed by atoms with Crippen molar-refractivity contribution >= 4 is 23.1 Å². The zero-order valence-electron chi connectivity index (χ0n) is 20.3. The lowest BCUT2D eigenvalue weighted by molar-refractivity contribution is -0.132. The van der Waals surface area contributed by atoms with Crippen molar-refractivity contribution in [3.8, 4) is 11.5 Å². The number of carbonyl (C=O) groups excluding carboxylic acids is 2. The molecule has 1 atom stereocenters. The summed E-state index contributed by atoms with van der Waals surface area (Å²) < 4.78 is 5.71. The number of amides is 1. The van der Waals surface area contributed by atoms with Crippen LogP contribution in [0.1, 0.15) is 42.1 Å². The Balaban J connectivity index is 1.84. The van der Waals surface area contributed by atoms with E-state index in [9.17, 15) is 19.8 Å². The molecule has 0 saturated carbocycles. The first kappa shape index (κ1) is 24.1. The van der Waals surface area contributed by atoms with Gasteiger partial charge < -0.3 is 14.9 Å². The molecule has 6 heteroatoms. The number of rotatable bonds is 6. The van der Waals surface area contributed by atoms with E-state index in [1.165, 1.54) is 17.0 Å². The minimum atomic E-state index is -0.853. The molecule has 1 aliphatic rings. The lowest BCUT2D eigenvalue weighted by Crippen LogP contribution is -2.29. The highest BCUT2D eigenvalue weighted by Crippen LogP contribution is 2.43. The highest BCUT2D eigenvalue weighted by atomic mass is 16.5. The molecule has 1 heterocycles. The number of ether oxygens (including phenoxy) is 1. The fourth-order valence-corrected chi connectivity index (χ4v) is 4.29. The molecular formula is C29H29NO5. The Kier molecular flexibility index (Phi) is 6.65. The highest BCUT2D eigenvalue weighted by molar-refractivity contribution is 6.51. The van der Waals surface area contributed by atoms with Crippen molar-refractivity contribution in [2.24, 2.45) is 5.92 Å². The number of nitrogens with zero attached hydrogens (tertiary/aromatic N) is 1. The third-order valence-corrected chi connectivity index (χ3v) is 5.85. The van der Waals surface area contributed by atoms with Crippen LogP contribution in [0.3, 0.4) is 0 Å². The molecule has 6 nitrogen and oxygen atoms in total. The molecule has 180 valence electrons. The van der Waals surface area contributed by atoms with E-state index < -0.39 is 17.7 Å². The molecule has 0 aliphatic carbocycles. The first-order valence-electron chi connectivity index (χ1n) is 11.6. The number of carbonyl (C=O) groups is 2. The molecule has 0 radical (unpaired) electrons. The Morgan fingerprint density at radius 2 is 1.54 bits per heavy atom. The number of phenolic OH excluding ortho intramolecular Hbond substituents is 1. The minimum Gasteiger partial charge on any atom is -0.508 e. The summed E-state index contributed by atoms with van der Waals surface area (Å²) in [7, 11) is 0. The lowest BCUT2D eigenvalue weighted by Gasteiger charge is -2.26. The quantitative estimate of drug-likeness (QED) is 0.275. The largest absolute Gasteiger partial charge is 0.508 e. The van der Waals surface area contributed by atoms with Gasteiger partial charge in [-0.2, -0.15) is 0 Å². The van der Waals surface area contributed by atoms with E-state index in [-0.39, 0.29) is 17.1 Å². The Morgan fingerprint density at radius 3 is 2.11 bits per heavy atom. The van der Waals surface area contributed by atoms with Gasteiger partial charge in [0.1, 0.15) is 17.3 Å². The molecule has 0 spiro atoms. The Bertz CT molecular complexity index is 1270. The summed E-state index contributed by atoms with van der Waals surface area (Å²) in [5, 5.41) is 21.1. The molecular weight excluding hydrogens is 442 g/mol. The van der Waals surface area contributed by atoms with Gasteiger partial charge in [-0.15, -0.1) is 0 Å². The van der Waals surface area contributed by atoms with E-state index in [1.807, 2.05) is 32.0 Å². The van der Waals surface area contributed by atoms with Crippen molar-refractivity contribution in [2.75, 3.05) is 11.5 Å². The summed E-state index contributed by atoms with van der Waals surface area (Å²) in [5.41, 5.74) is 3.46. The van der Waals surface area contributed by atoms with Crippen LogP contribution in [0.5, 0.6) is 11.5 Å². The lowest BCUT2D eigenvalue weighted by atomic mass is 9.95. The van der Waals surface area contributed by atoms with Crippen LogP contribution in [0.25, 0.3) is 5.76 Å². The molecule has 0 bridgehead atoms. The van der Waals surface area contributed by atoms with Gasteiger partial charge in [0.05, 0.1) is 18.2 Å². The van der Waals surface area contributed by atoms with Crippen molar-refractivity contribution in [2.45, 2.75) is 33.7 Å². The average Bonchev–Trinajstić information content (AvgIpc) is 3.08. The summed E-state index contributed by atoms with van der Waals surface area (Å²) in [6, 6.07) is 17.9. The van der Waals surface area contributed by atoms with Crippen LogP contribution < -0.4 is 9.64 Å². The zero-order chi connectivity index (χ0) is 25.3. The number of hydrogen-bond acceptors (Lipinski definition) is 5. The normalized spacial score (nSPS) is 17.3. The number of benzene rings is 3. The number of Topliss-reactive ketones (excluding diaryl/α,β-unsaturated/α-hetero) is 1. The highest BCUT2D eigenvalue weighted by Gasteiger charge is 2.47. The van der Waals surface area contributed by atoms with Crippen LogP contribution in [0.15, 0.2) is 72.3 Å². The third-order valence-electron chi connectivity index (χ3n) is 5.85. The Morgan fingerprint density at radius 1 is 0.943 bits per heavy atom. The standard InChI is InChI=1S/C29H29NO5/c1-17(2)16-35-24-11-7-21(8-12-24)27(32)25-26(20-5-9-23(31)10-6-20)30(29(34)28(25)33)22-14-18(3)13-19(4)15-22/h5-15,17,26,31-32H,16H2,1-4H3/b27-25+. The first-order chi connectivity index (χ1) is 16.7. The SMILES string of the molecule is Cc1cc(C)cc(N2C(=O)C(=O)/C(=C(/O)c3ccc(OCC(C)C)cc3)C2c2ccc(O)cc2)c1. The van der Waals surface area contributed by atoms with Crippen molar-refractivity contribution in [1.29, 1.82) is 0 Å². The van der Waals surface area contributed by atoms with Crippen molar-refractivity contribution in [3.63, 3.8) is 0 Å². The predicted octanol–water partition coefficient (Wildman–Crippen LogP) is 5.67. The fourth-order valence-electron chi connectivity index (χ4n) is 4.29. The molecule has 1 amide bonds. The van der Waals surface area contributed by atoms with Crippen LogP contribution in [0, 0.1) is 19.8 Å². The molecule has 1 unspecified atom stereocenters. The number of hydrogen-bond donors (Lipinski definition) is 2. The first-order valence-corrected chi connectivity index (χ1v) is 11.6. The maximum Gasteiger partial charge on any atom is 0.300 e. The minimum absolute atomic E-state index is 0.00398. The van der Waals surface area contributed by atoms with Crippen LogP contribution in [0.4, 0.5) is 5.69 Å². The van der Waals surface area contributed by atoms with Crippen molar-refractivity contribution in [3.05, 3.63) is 94.6 Å². The Hall–Kier alpha value is -4.06. The second kappa shape index (κ2) is 9.66. The monoisotopic (exact) mass is 471 g/mol. The van der Waals surface area contributed by atoms with Crippen molar-refractivity contribution in [1.82, 2.24) is 0 Å². The molecule has 3 aromatic rings. The molecule has 35 heavy (non-hydrogen) atoms. The number of aliphatic hydroxyl groups excluding tert-OH is 1. The number of ketones is 1. The average molecular weight is 472 g/mol. The third kappa shape index (κ3) is 4.92. The zero-order valence-corrected chi connectivity index (χ0v) is 20.3. The number of aliphatic hydroxyl groups is 1. The Labute approximate surface area is 205 Å².